The molecule has 0 aliphatic carbocycles. The molecule has 0 saturated heterocycles. The summed E-state index contributed by atoms with van der Waals surface area (Å²) in [7, 11) is 0. The highest BCUT2D eigenvalue weighted by Gasteiger charge is 2.20. The molecule has 0 aliphatic heterocycles. The third kappa shape index (κ3) is 2.13. The monoisotopic (exact) mass is 304 g/mol. The van der Waals surface area contributed by atoms with Crippen LogP contribution in [0, 0.1) is 0 Å². The second-order valence-corrected chi connectivity index (χ2v) is 6.77. The molecule has 0 amide bonds. The number of thiophene rings is 2. The van der Waals surface area contributed by atoms with Gasteiger partial charge in [-0.3, -0.25) is 0 Å². The molecule has 2 heterocycles. The first-order chi connectivity index (χ1) is 9.74. The molecule has 0 bridgehead atoms. The van der Waals surface area contributed by atoms with Gasteiger partial charge in [-0.1, -0.05) is 19.8 Å². The predicted octanol–water partition coefficient (Wildman–Crippen LogP) is 5.55. The van der Waals surface area contributed by atoms with Gasteiger partial charge in [0.15, 0.2) is 0 Å². The van der Waals surface area contributed by atoms with Crippen LogP contribution in [0.25, 0.3) is 20.2 Å². The van der Waals surface area contributed by atoms with Gasteiger partial charge in [-0.2, -0.15) is 0 Å². The zero-order chi connectivity index (χ0) is 14.1. The molecule has 20 heavy (non-hydrogen) atoms. The Morgan fingerprint density at radius 3 is 2.40 bits per heavy atom. The average molecular weight is 304 g/mol. The van der Waals surface area contributed by atoms with Gasteiger partial charge in [-0.25, -0.2) is 4.79 Å². The quantitative estimate of drug-likeness (QED) is 0.628. The van der Waals surface area contributed by atoms with Gasteiger partial charge in [-0.05, 0) is 46.7 Å². The van der Waals surface area contributed by atoms with E-state index in [9.17, 15) is 9.90 Å². The van der Waals surface area contributed by atoms with E-state index in [0.29, 0.717) is 5.56 Å². The molecule has 0 radical (unpaired) electrons. The van der Waals surface area contributed by atoms with E-state index in [1.807, 2.05) is 11.4 Å². The summed E-state index contributed by atoms with van der Waals surface area (Å²) in [6.45, 7) is 2.17. The fourth-order valence-corrected chi connectivity index (χ4v) is 4.78. The molecule has 0 atom stereocenters. The van der Waals surface area contributed by atoms with Gasteiger partial charge < -0.3 is 5.11 Å². The standard InChI is InChI=1S/C16H16O2S2/c1-2-3-4-5-10-11-6-8-19-14(11)15-12(7-9-20-15)13(10)16(17)18/h6-9H,2-5H2,1H3,(H,17,18). The number of carbonyl (C=O) groups is 1. The number of aromatic carboxylic acids is 1. The SMILES string of the molecule is CCCCCc1c(C(=O)O)c2ccsc2c2sccc12. The van der Waals surface area contributed by atoms with Crippen molar-refractivity contribution in [3.63, 3.8) is 0 Å². The topological polar surface area (TPSA) is 37.3 Å². The van der Waals surface area contributed by atoms with Crippen molar-refractivity contribution in [2.75, 3.05) is 0 Å². The summed E-state index contributed by atoms with van der Waals surface area (Å²) >= 11 is 3.35. The molecule has 0 unspecified atom stereocenters. The average Bonchev–Trinajstić information content (AvgIpc) is 3.06. The summed E-state index contributed by atoms with van der Waals surface area (Å²) in [5, 5.41) is 15.7. The van der Waals surface area contributed by atoms with Gasteiger partial charge in [-0.15, -0.1) is 22.7 Å². The molecule has 0 saturated carbocycles. The summed E-state index contributed by atoms with van der Waals surface area (Å²) in [6.07, 6.45) is 4.20. The molecule has 4 heteroatoms. The van der Waals surface area contributed by atoms with Crippen molar-refractivity contribution in [2.45, 2.75) is 32.6 Å². The predicted molar refractivity (Wildman–Crippen MR) is 87.4 cm³/mol. The first-order valence-corrected chi connectivity index (χ1v) is 8.62. The Bertz CT molecular complexity index is 767. The fraction of sp³-hybridized carbons (Fsp3) is 0.312. The zero-order valence-corrected chi connectivity index (χ0v) is 12.9. The van der Waals surface area contributed by atoms with Crippen LogP contribution < -0.4 is 0 Å². The molecule has 3 rings (SSSR count). The number of aryl methyl sites for hydroxylation is 1. The lowest BCUT2D eigenvalue weighted by Gasteiger charge is -2.10. The highest BCUT2D eigenvalue weighted by atomic mass is 32.1. The Morgan fingerprint density at radius 1 is 1.10 bits per heavy atom. The lowest BCUT2D eigenvalue weighted by Crippen LogP contribution is -2.04. The van der Waals surface area contributed by atoms with E-state index in [1.165, 1.54) is 4.70 Å². The van der Waals surface area contributed by atoms with Gasteiger partial charge in [0.2, 0.25) is 0 Å². The van der Waals surface area contributed by atoms with E-state index in [1.54, 1.807) is 22.7 Å². The smallest absolute Gasteiger partial charge is 0.336 e. The fourth-order valence-electron chi connectivity index (χ4n) is 2.76. The van der Waals surface area contributed by atoms with Crippen molar-refractivity contribution in [3.05, 3.63) is 34.0 Å². The van der Waals surface area contributed by atoms with Gasteiger partial charge in [0.25, 0.3) is 0 Å². The van der Waals surface area contributed by atoms with E-state index in [0.717, 1.165) is 46.7 Å². The van der Waals surface area contributed by atoms with Crippen molar-refractivity contribution in [2.24, 2.45) is 0 Å². The number of benzene rings is 1. The third-order valence-corrected chi connectivity index (χ3v) is 5.67. The van der Waals surface area contributed by atoms with Gasteiger partial charge in [0.1, 0.15) is 0 Å². The molecule has 104 valence electrons. The minimum Gasteiger partial charge on any atom is -0.478 e. The van der Waals surface area contributed by atoms with E-state index >= 15 is 0 Å². The molecule has 2 nitrogen and oxygen atoms in total. The van der Waals surface area contributed by atoms with Crippen molar-refractivity contribution in [1.82, 2.24) is 0 Å². The minimum absolute atomic E-state index is 0.517. The molecule has 1 aromatic carbocycles. The number of hydrogen-bond acceptors (Lipinski definition) is 3. The van der Waals surface area contributed by atoms with Gasteiger partial charge in [0, 0.05) is 5.39 Å². The summed E-state index contributed by atoms with van der Waals surface area (Å²) in [5.41, 5.74) is 1.54. The first-order valence-electron chi connectivity index (χ1n) is 6.86. The lowest BCUT2D eigenvalue weighted by molar-refractivity contribution is 0.0698. The molecule has 0 aliphatic rings. The van der Waals surface area contributed by atoms with Crippen molar-refractivity contribution in [1.29, 1.82) is 0 Å². The zero-order valence-electron chi connectivity index (χ0n) is 11.3. The van der Waals surface area contributed by atoms with Crippen LogP contribution >= 0.6 is 22.7 Å². The largest absolute Gasteiger partial charge is 0.478 e. The van der Waals surface area contributed by atoms with E-state index < -0.39 is 5.97 Å². The summed E-state index contributed by atoms with van der Waals surface area (Å²) in [6, 6.07) is 4.03. The van der Waals surface area contributed by atoms with Crippen LogP contribution in [0.5, 0.6) is 0 Å². The van der Waals surface area contributed by atoms with E-state index in [2.05, 4.69) is 18.4 Å². The maximum absolute atomic E-state index is 11.7. The van der Waals surface area contributed by atoms with Gasteiger partial charge >= 0.3 is 5.97 Å². The normalized spacial score (nSPS) is 11.4. The highest BCUT2D eigenvalue weighted by molar-refractivity contribution is 7.25. The maximum Gasteiger partial charge on any atom is 0.336 e. The number of unbranched alkanes of at least 4 members (excludes halogenated alkanes) is 2. The molecule has 0 spiro atoms. The highest BCUT2D eigenvalue weighted by Crippen LogP contribution is 2.39. The van der Waals surface area contributed by atoms with Crippen LogP contribution in [0.15, 0.2) is 22.9 Å². The molecular weight excluding hydrogens is 288 g/mol. The third-order valence-electron chi connectivity index (χ3n) is 3.68. The van der Waals surface area contributed by atoms with E-state index in [-0.39, 0.29) is 0 Å². The van der Waals surface area contributed by atoms with Crippen LogP contribution in [-0.2, 0) is 6.42 Å². The summed E-state index contributed by atoms with van der Waals surface area (Å²) in [5.74, 6) is -0.798. The molecule has 2 aromatic heterocycles. The Kier molecular flexibility index (Phi) is 3.76. The number of fused-ring (bicyclic) bond motifs is 3. The lowest BCUT2D eigenvalue weighted by atomic mass is 9.95. The second kappa shape index (κ2) is 5.54. The van der Waals surface area contributed by atoms with Crippen LogP contribution in [0.1, 0.15) is 42.1 Å². The molecule has 1 N–H and O–H groups in total. The first kappa shape index (κ1) is 13.6. The number of carboxylic acids is 1. The number of carboxylic acid groups (broad SMARTS) is 1. The molecule has 3 aromatic rings. The summed E-state index contributed by atoms with van der Waals surface area (Å²) in [4.78, 5) is 11.7. The van der Waals surface area contributed by atoms with Crippen LogP contribution in [0.3, 0.4) is 0 Å². The van der Waals surface area contributed by atoms with E-state index in [4.69, 9.17) is 0 Å². The number of hydrogen-bond donors (Lipinski definition) is 1. The van der Waals surface area contributed by atoms with Gasteiger partial charge in [0.05, 0.1) is 15.0 Å². The van der Waals surface area contributed by atoms with Crippen LogP contribution in [-0.4, -0.2) is 11.1 Å². The van der Waals surface area contributed by atoms with Crippen molar-refractivity contribution < 1.29 is 9.90 Å². The summed E-state index contributed by atoms with van der Waals surface area (Å²) < 4.78 is 2.36. The van der Waals surface area contributed by atoms with Crippen LogP contribution in [0.4, 0.5) is 0 Å². The Hall–Kier alpha value is -1.39. The second-order valence-electron chi connectivity index (χ2n) is 4.94. The number of rotatable bonds is 5. The Labute approximate surface area is 125 Å². The van der Waals surface area contributed by atoms with Crippen LogP contribution in [0.2, 0.25) is 0 Å². The minimum atomic E-state index is -0.798. The molecule has 0 fully saturated rings. The Balaban J connectivity index is 2.28. The molecular formula is C16H16O2S2. The van der Waals surface area contributed by atoms with Crippen molar-refractivity contribution >= 4 is 48.8 Å². The Morgan fingerprint density at radius 2 is 1.75 bits per heavy atom. The van der Waals surface area contributed by atoms with Crippen molar-refractivity contribution in [3.8, 4) is 0 Å². The maximum atomic E-state index is 11.7.